The van der Waals surface area contributed by atoms with Gasteiger partial charge in [0.05, 0.1) is 0 Å². The molecule has 0 aromatic carbocycles. The first-order chi connectivity index (χ1) is 5.70. The number of rotatable bonds is 4. The second-order valence-electron chi connectivity index (χ2n) is 2.27. The molecule has 12 heavy (non-hydrogen) atoms. The summed E-state index contributed by atoms with van der Waals surface area (Å²) in [5, 5.41) is 13.5. The summed E-state index contributed by atoms with van der Waals surface area (Å²) in [6.07, 6.45) is 0.271. The van der Waals surface area contributed by atoms with Gasteiger partial charge in [-0.25, -0.2) is 4.68 Å². The first-order valence-electron chi connectivity index (χ1n) is 3.44. The Kier molecular flexibility index (Phi) is 2.57. The van der Waals surface area contributed by atoms with Gasteiger partial charge >= 0.3 is 0 Å². The number of nitrogens with zero attached hydrogens (tertiary/aromatic N) is 4. The van der Waals surface area contributed by atoms with Crippen LogP contribution in [0.25, 0.3) is 0 Å². The molecule has 3 N–H and O–H groups in total. The molecule has 0 aliphatic rings. The van der Waals surface area contributed by atoms with E-state index in [2.05, 4.69) is 20.8 Å². The number of aryl methyl sites for hydroxylation is 1. The van der Waals surface area contributed by atoms with Crippen LogP contribution in [0.15, 0.2) is 0 Å². The van der Waals surface area contributed by atoms with Crippen molar-refractivity contribution in [3.05, 3.63) is 0 Å². The van der Waals surface area contributed by atoms with Gasteiger partial charge in [0, 0.05) is 20.0 Å². The van der Waals surface area contributed by atoms with Crippen molar-refractivity contribution in [2.24, 2.45) is 12.8 Å². The van der Waals surface area contributed by atoms with Crippen LogP contribution in [-0.2, 0) is 11.8 Å². The molecule has 1 aromatic rings. The molecule has 0 saturated heterocycles. The Morgan fingerprint density at radius 2 is 2.50 bits per heavy atom. The lowest BCUT2D eigenvalue weighted by Gasteiger charge is -2.00. The molecule has 0 unspecified atom stereocenters. The standard InChI is InChI=1S/C5H10N6O/c1-11-5(8-9-10-11)7-3-2-4(6)12/h2-3H2,1H3,(H2,6,12)(H,7,8,10). The predicted molar refractivity (Wildman–Crippen MR) is 41.1 cm³/mol. The third kappa shape index (κ3) is 2.19. The molecule has 0 radical (unpaired) electrons. The van der Waals surface area contributed by atoms with Crippen molar-refractivity contribution in [1.29, 1.82) is 0 Å². The average Bonchev–Trinajstić information content (AvgIpc) is 2.36. The van der Waals surface area contributed by atoms with Gasteiger partial charge < -0.3 is 11.1 Å². The predicted octanol–water partition coefficient (Wildman–Crippen LogP) is -1.50. The van der Waals surface area contributed by atoms with E-state index in [4.69, 9.17) is 5.73 Å². The van der Waals surface area contributed by atoms with Gasteiger partial charge in [-0.2, -0.15) is 0 Å². The summed E-state index contributed by atoms with van der Waals surface area (Å²) in [5.74, 6) is 0.175. The molecule has 66 valence electrons. The summed E-state index contributed by atoms with van der Waals surface area (Å²) in [5.41, 5.74) is 4.93. The lowest BCUT2D eigenvalue weighted by atomic mass is 10.4. The molecule has 7 nitrogen and oxygen atoms in total. The van der Waals surface area contributed by atoms with Crippen LogP contribution < -0.4 is 11.1 Å². The van der Waals surface area contributed by atoms with Crippen molar-refractivity contribution >= 4 is 11.9 Å². The normalized spacial score (nSPS) is 9.75. The van der Waals surface area contributed by atoms with Gasteiger partial charge in [-0.15, -0.1) is 0 Å². The highest BCUT2D eigenvalue weighted by Gasteiger charge is 2.00. The van der Waals surface area contributed by atoms with Gasteiger partial charge in [0.15, 0.2) is 0 Å². The second kappa shape index (κ2) is 3.65. The van der Waals surface area contributed by atoms with Crippen molar-refractivity contribution in [2.75, 3.05) is 11.9 Å². The fraction of sp³-hybridized carbons (Fsp3) is 0.600. The van der Waals surface area contributed by atoms with Crippen LogP contribution in [0.4, 0.5) is 5.95 Å². The Morgan fingerprint density at radius 1 is 1.75 bits per heavy atom. The number of aromatic nitrogens is 4. The maximum absolute atomic E-state index is 10.3. The molecule has 0 aliphatic carbocycles. The summed E-state index contributed by atoms with van der Waals surface area (Å²) in [6.45, 7) is 0.448. The lowest BCUT2D eigenvalue weighted by Crippen LogP contribution is -2.17. The summed E-state index contributed by atoms with van der Waals surface area (Å²) in [7, 11) is 1.70. The highest BCUT2D eigenvalue weighted by molar-refractivity contribution is 5.74. The number of nitrogens with one attached hydrogen (secondary N) is 1. The number of nitrogens with two attached hydrogens (primary N) is 1. The molecule has 0 aliphatic heterocycles. The van der Waals surface area contributed by atoms with E-state index in [0.717, 1.165) is 0 Å². The first kappa shape index (κ1) is 8.44. The molecule has 7 heteroatoms. The van der Waals surface area contributed by atoms with Crippen LogP contribution in [-0.4, -0.2) is 32.7 Å². The number of hydrogen-bond acceptors (Lipinski definition) is 5. The fourth-order valence-corrected chi connectivity index (χ4v) is 0.677. The zero-order chi connectivity index (χ0) is 8.97. The first-order valence-corrected chi connectivity index (χ1v) is 3.44. The Labute approximate surface area is 68.9 Å². The molecule has 0 atom stereocenters. The zero-order valence-electron chi connectivity index (χ0n) is 6.69. The third-order valence-electron chi connectivity index (χ3n) is 1.27. The number of carbonyl (C=O) groups is 1. The molecule has 0 saturated carbocycles. The maximum atomic E-state index is 10.3. The van der Waals surface area contributed by atoms with Crippen LogP contribution in [0, 0.1) is 0 Å². The molecule has 1 heterocycles. The van der Waals surface area contributed by atoms with Crippen molar-refractivity contribution in [2.45, 2.75) is 6.42 Å². The largest absolute Gasteiger partial charge is 0.370 e. The van der Waals surface area contributed by atoms with E-state index in [1.54, 1.807) is 7.05 Å². The Morgan fingerprint density at radius 3 is 3.00 bits per heavy atom. The second-order valence-corrected chi connectivity index (χ2v) is 2.27. The van der Waals surface area contributed by atoms with Gasteiger partial charge in [-0.05, 0) is 10.4 Å². The van der Waals surface area contributed by atoms with E-state index in [1.807, 2.05) is 0 Å². The van der Waals surface area contributed by atoms with Crippen molar-refractivity contribution in [1.82, 2.24) is 20.2 Å². The van der Waals surface area contributed by atoms with Crippen molar-refractivity contribution in [3.8, 4) is 0 Å². The molecule has 1 aromatic heterocycles. The quantitative estimate of drug-likeness (QED) is 0.572. The summed E-state index contributed by atoms with van der Waals surface area (Å²) < 4.78 is 1.47. The molecule has 0 bridgehead atoms. The Balaban J connectivity index is 2.33. The van der Waals surface area contributed by atoms with Crippen LogP contribution in [0.3, 0.4) is 0 Å². The molecule has 0 spiro atoms. The van der Waals surface area contributed by atoms with Crippen molar-refractivity contribution < 1.29 is 4.79 Å². The van der Waals surface area contributed by atoms with Gasteiger partial charge in [0.1, 0.15) is 0 Å². The van der Waals surface area contributed by atoms with Gasteiger partial charge in [-0.3, -0.25) is 4.79 Å². The van der Waals surface area contributed by atoms with Crippen LogP contribution in [0.5, 0.6) is 0 Å². The molecule has 1 amide bonds. The van der Waals surface area contributed by atoms with Gasteiger partial charge in [0.2, 0.25) is 11.9 Å². The third-order valence-corrected chi connectivity index (χ3v) is 1.27. The van der Waals surface area contributed by atoms with E-state index in [1.165, 1.54) is 4.68 Å². The average molecular weight is 170 g/mol. The molecule has 0 fully saturated rings. The summed E-state index contributed by atoms with van der Waals surface area (Å²) in [4.78, 5) is 10.3. The highest BCUT2D eigenvalue weighted by atomic mass is 16.1. The SMILES string of the molecule is Cn1nnnc1NCCC(N)=O. The number of primary amides is 1. The molecular formula is C5H10N6O. The zero-order valence-corrected chi connectivity index (χ0v) is 6.69. The smallest absolute Gasteiger partial charge is 0.242 e. The number of carbonyl (C=O) groups excluding carboxylic acids is 1. The van der Waals surface area contributed by atoms with E-state index in [0.29, 0.717) is 12.5 Å². The van der Waals surface area contributed by atoms with E-state index in [-0.39, 0.29) is 12.3 Å². The van der Waals surface area contributed by atoms with Crippen molar-refractivity contribution in [3.63, 3.8) is 0 Å². The number of hydrogen-bond donors (Lipinski definition) is 2. The van der Waals surface area contributed by atoms with Gasteiger partial charge in [-0.1, -0.05) is 5.10 Å². The molecular weight excluding hydrogens is 160 g/mol. The number of anilines is 1. The topological polar surface area (TPSA) is 98.7 Å². The fourth-order valence-electron chi connectivity index (χ4n) is 0.677. The van der Waals surface area contributed by atoms with E-state index in [9.17, 15) is 4.79 Å². The van der Waals surface area contributed by atoms with E-state index < -0.39 is 0 Å². The highest BCUT2D eigenvalue weighted by Crippen LogP contribution is 1.94. The Bertz CT molecular complexity index is 269. The minimum absolute atomic E-state index is 0.271. The summed E-state index contributed by atoms with van der Waals surface area (Å²) >= 11 is 0. The van der Waals surface area contributed by atoms with Crippen LogP contribution >= 0.6 is 0 Å². The van der Waals surface area contributed by atoms with Crippen LogP contribution in [0.2, 0.25) is 0 Å². The molecule has 1 rings (SSSR count). The van der Waals surface area contributed by atoms with Crippen LogP contribution in [0.1, 0.15) is 6.42 Å². The monoisotopic (exact) mass is 170 g/mol. The summed E-state index contributed by atoms with van der Waals surface area (Å²) in [6, 6.07) is 0. The minimum atomic E-state index is -0.349. The number of amides is 1. The minimum Gasteiger partial charge on any atom is -0.370 e. The van der Waals surface area contributed by atoms with E-state index >= 15 is 0 Å². The maximum Gasteiger partial charge on any atom is 0.242 e. The Hall–Kier alpha value is -1.66. The lowest BCUT2D eigenvalue weighted by molar-refractivity contribution is -0.117. The number of tetrazole rings is 1. The van der Waals surface area contributed by atoms with Gasteiger partial charge in [0.25, 0.3) is 0 Å².